The smallest absolute Gasteiger partial charge is 0.0804 e. The van der Waals surface area contributed by atoms with E-state index < -0.39 is 0 Å². The summed E-state index contributed by atoms with van der Waals surface area (Å²) in [5.74, 6) is 0. The summed E-state index contributed by atoms with van der Waals surface area (Å²) in [5, 5.41) is 8.07. The number of nitrogens with zero attached hydrogens (tertiary/aromatic N) is 1. The molecular formula is C11H11ClN2S. The van der Waals surface area contributed by atoms with E-state index in [4.69, 9.17) is 11.6 Å². The second-order valence-corrected chi connectivity index (χ2v) is 4.34. The summed E-state index contributed by atoms with van der Waals surface area (Å²) >= 11 is 7.79. The van der Waals surface area contributed by atoms with Gasteiger partial charge >= 0.3 is 0 Å². The van der Waals surface area contributed by atoms with Crippen LogP contribution in [-0.4, -0.2) is 12.0 Å². The maximum atomic E-state index is 6.12. The Bertz CT molecular complexity index is 428. The van der Waals surface area contributed by atoms with Gasteiger partial charge in [0.15, 0.2) is 0 Å². The van der Waals surface area contributed by atoms with E-state index in [1.54, 1.807) is 17.5 Å². The Labute approximate surface area is 97.9 Å². The van der Waals surface area contributed by atoms with Crippen LogP contribution < -0.4 is 5.32 Å². The van der Waals surface area contributed by atoms with E-state index in [9.17, 15) is 0 Å². The predicted octanol–water partition coefficient (Wildman–Crippen LogP) is 3.11. The first kappa shape index (κ1) is 10.6. The van der Waals surface area contributed by atoms with Crippen molar-refractivity contribution < 1.29 is 0 Å². The van der Waals surface area contributed by atoms with Crippen LogP contribution >= 0.6 is 22.9 Å². The number of pyridine rings is 1. The van der Waals surface area contributed by atoms with Crippen LogP contribution in [0.2, 0.25) is 5.02 Å². The number of rotatable bonds is 3. The predicted molar refractivity (Wildman–Crippen MR) is 64.5 cm³/mol. The second kappa shape index (κ2) is 4.75. The van der Waals surface area contributed by atoms with E-state index in [0.717, 1.165) is 5.69 Å². The lowest BCUT2D eigenvalue weighted by Gasteiger charge is -2.15. The van der Waals surface area contributed by atoms with Gasteiger partial charge in [-0.05, 0) is 41.6 Å². The zero-order valence-corrected chi connectivity index (χ0v) is 9.85. The van der Waals surface area contributed by atoms with E-state index in [0.29, 0.717) is 5.02 Å². The molecule has 2 aromatic rings. The SMILES string of the molecule is CNC(c1ccsc1)c1ncccc1Cl. The molecule has 0 fully saturated rings. The summed E-state index contributed by atoms with van der Waals surface area (Å²) in [7, 11) is 1.91. The third-order valence-corrected chi connectivity index (χ3v) is 3.25. The summed E-state index contributed by atoms with van der Waals surface area (Å²) < 4.78 is 0. The van der Waals surface area contributed by atoms with Gasteiger partial charge in [0.2, 0.25) is 0 Å². The summed E-state index contributed by atoms with van der Waals surface area (Å²) in [6, 6.07) is 5.86. The van der Waals surface area contributed by atoms with Crippen molar-refractivity contribution in [1.29, 1.82) is 0 Å². The van der Waals surface area contributed by atoms with Crippen molar-refractivity contribution in [2.45, 2.75) is 6.04 Å². The Morgan fingerprint density at radius 1 is 1.47 bits per heavy atom. The molecule has 0 aliphatic rings. The first-order valence-electron chi connectivity index (χ1n) is 4.62. The van der Waals surface area contributed by atoms with Crippen LogP contribution in [-0.2, 0) is 0 Å². The standard InChI is InChI=1S/C11H11ClN2S/c1-13-10(8-4-6-15-7-8)11-9(12)3-2-5-14-11/h2-7,10,13H,1H3. The van der Waals surface area contributed by atoms with Gasteiger partial charge in [-0.25, -0.2) is 0 Å². The lowest BCUT2D eigenvalue weighted by molar-refractivity contribution is 0.673. The van der Waals surface area contributed by atoms with Gasteiger partial charge in [-0.15, -0.1) is 0 Å². The fraction of sp³-hybridized carbons (Fsp3) is 0.182. The minimum Gasteiger partial charge on any atom is -0.308 e. The molecule has 0 radical (unpaired) electrons. The monoisotopic (exact) mass is 238 g/mol. The maximum Gasteiger partial charge on any atom is 0.0804 e. The summed E-state index contributed by atoms with van der Waals surface area (Å²) in [4.78, 5) is 4.32. The van der Waals surface area contributed by atoms with Crippen molar-refractivity contribution in [2.75, 3.05) is 7.05 Å². The molecule has 0 saturated carbocycles. The molecule has 2 nitrogen and oxygen atoms in total. The van der Waals surface area contributed by atoms with Gasteiger partial charge in [-0.1, -0.05) is 11.6 Å². The van der Waals surface area contributed by atoms with Crippen LogP contribution in [0.15, 0.2) is 35.2 Å². The first-order valence-corrected chi connectivity index (χ1v) is 5.95. The molecule has 0 spiro atoms. The van der Waals surface area contributed by atoms with Gasteiger partial charge in [-0.2, -0.15) is 11.3 Å². The maximum absolute atomic E-state index is 6.12. The van der Waals surface area contributed by atoms with Gasteiger partial charge in [0.05, 0.1) is 16.8 Å². The molecule has 2 heterocycles. The van der Waals surface area contributed by atoms with Crippen LogP contribution in [0.5, 0.6) is 0 Å². The van der Waals surface area contributed by atoms with Crippen molar-refractivity contribution >= 4 is 22.9 Å². The molecule has 0 amide bonds. The molecule has 0 saturated heterocycles. The van der Waals surface area contributed by atoms with E-state index in [1.807, 2.05) is 19.2 Å². The number of hydrogen-bond acceptors (Lipinski definition) is 3. The minimum atomic E-state index is 0.0740. The van der Waals surface area contributed by atoms with E-state index in [2.05, 4.69) is 27.1 Å². The number of hydrogen-bond donors (Lipinski definition) is 1. The van der Waals surface area contributed by atoms with Crippen LogP contribution in [0, 0.1) is 0 Å². The molecule has 0 aliphatic heterocycles. The fourth-order valence-electron chi connectivity index (χ4n) is 1.51. The van der Waals surface area contributed by atoms with Crippen LogP contribution in [0.4, 0.5) is 0 Å². The topological polar surface area (TPSA) is 24.9 Å². The highest BCUT2D eigenvalue weighted by Gasteiger charge is 2.16. The Hall–Kier alpha value is -0.900. The average Bonchev–Trinajstić information content (AvgIpc) is 2.75. The van der Waals surface area contributed by atoms with Crippen LogP contribution in [0.1, 0.15) is 17.3 Å². The molecule has 2 aromatic heterocycles. The minimum absolute atomic E-state index is 0.0740. The van der Waals surface area contributed by atoms with Gasteiger partial charge in [0, 0.05) is 6.20 Å². The highest BCUT2D eigenvalue weighted by molar-refractivity contribution is 7.08. The lowest BCUT2D eigenvalue weighted by atomic mass is 10.1. The molecule has 0 aliphatic carbocycles. The summed E-state index contributed by atoms with van der Waals surface area (Å²) in [6.45, 7) is 0. The summed E-state index contributed by atoms with van der Waals surface area (Å²) in [5.41, 5.74) is 2.07. The van der Waals surface area contributed by atoms with Crippen molar-refractivity contribution in [3.05, 3.63) is 51.4 Å². The zero-order chi connectivity index (χ0) is 10.7. The van der Waals surface area contributed by atoms with Gasteiger partial charge in [-0.3, -0.25) is 4.98 Å². The van der Waals surface area contributed by atoms with Crippen LogP contribution in [0.3, 0.4) is 0 Å². The lowest BCUT2D eigenvalue weighted by Crippen LogP contribution is -2.18. The number of halogens is 1. The Morgan fingerprint density at radius 2 is 2.33 bits per heavy atom. The third-order valence-electron chi connectivity index (χ3n) is 2.23. The van der Waals surface area contributed by atoms with Gasteiger partial charge < -0.3 is 5.32 Å². The second-order valence-electron chi connectivity index (χ2n) is 3.15. The average molecular weight is 239 g/mol. The number of thiophene rings is 1. The molecule has 78 valence electrons. The largest absolute Gasteiger partial charge is 0.308 e. The Morgan fingerprint density at radius 3 is 2.93 bits per heavy atom. The van der Waals surface area contributed by atoms with Crippen molar-refractivity contribution in [1.82, 2.24) is 10.3 Å². The van der Waals surface area contributed by atoms with Crippen LogP contribution in [0.25, 0.3) is 0 Å². The van der Waals surface area contributed by atoms with E-state index in [-0.39, 0.29) is 6.04 Å². The Kier molecular flexibility index (Phi) is 3.36. The van der Waals surface area contributed by atoms with Crippen molar-refractivity contribution in [3.8, 4) is 0 Å². The Balaban J connectivity index is 2.40. The summed E-state index contributed by atoms with van der Waals surface area (Å²) in [6.07, 6.45) is 1.76. The van der Waals surface area contributed by atoms with E-state index in [1.165, 1.54) is 5.56 Å². The molecule has 0 bridgehead atoms. The zero-order valence-electron chi connectivity index (χ0n) is 8.27. The molecule has 0 aromatic carbocycles. The molecule has 2 rings (SSSR count). The molecule has 1 N–H and O–H groups in total. The highest BCUT2D eigenvalue weighted by Crippen LogP contribution is 2.27. The highest BCUT2D eigenvalue weighted by atomic mass is 35.5. The molecular weight excluding hydrogens is 228 g/mol. The normalized spacial score (nSPS) is 12.7. The molecule has 1 atom stereocenters. The molecule has 1 unspecified atom stereocenters. The van der Waals surface area contributed by atoms with E-state index >= 15 is 0 Å². The number of aromatic nitrogens is 1. The number of nitrogens with one attached hydrogen (secondary N) is 1. The first-order chi connectivity index (χ1) is 7.33. The van der Waals surface area contributed by atoms with Gasteiger partial charge in [0.1, 0.15) is 0 Å². The molecule has 15 heavy (non-hydrogen) atoms. The van der Waals surface area contributed by atoms with Gasteiger partial charge in [0.25, 0.3) is 0 Å². The van der Waals surface area contributed by atoms with Crippen molar-refractivity contribution in [3.63, 3.8) is 0 Å². The fourth-order valence-corrected chi connectivity index (χ4v) is 2.43. The quantitative estimate of drug-likeness (QED) is 0.889. The van der Waals surface area contributed by atoms with Crippen molar-refractivity contribution in [2.24, 2.45) is 0 Å². The third kappa shape index (κ3) is 2.20. The molecule has 4 heteroatoms.